The Balaban J connectivity index is 2.11. The molecule has 0 aliphatic carbocycles. The molecule has 6 heteroatoms. The van der Waals surface area contributed by atoms with Gasteiger partial charge < -0.3 is 5.32 Å². The number of nitrogens with one attached hydrogen (secondary N) is 2. The Morgan fingerprint density at radius 1 is 1.06 bits per heavy atom. The average Bonchev–Trinajstić information content (AvgIpc) is 2.34. The molecule has 108 valence electrons. The van der Waals surface area contributed by atoms with Crippen LogP contribution in [0.2, 0.25) is 0 Å². The molecule has 0 amide bonds. The van der Waals surface area contributed by atoms with Crippen LogP contribution >= 0.6 is 0 Å². The highest BCUT2D eigenvalue weighted by molar-refractivity contribution is 7.89. The van der Waals surface area contributed by atoms with Crippen molar-refractivity contribution >= 4 is 10.0 Å². The quantitative estimate of drug-likeness (QED) is 0.619. The van der Waals surface area contributed by atoms with Gasteiger partial charge in [-0.3, -0.25) is 0 Å². The molecule has 1 heterocycles. The highest BCUT2D eigenvalue weighted by Crippen LogP contribution is 2.07. The zero-order chi connectivity index (χ0) is 13.3. The highest BCUT2D eigenvalue weighted by atomic mass is 32.2. The zero-order valence-electron chi connectivity index (χ0n) is 11.5. The molecule has 1 aliphatic heterocycles. The number of nitrogens with zero attached hydrogens (tertiary/aromatic N) is 1. The molecule has 0 aromatic heterocycles. The van der Waals surface area contributed by atoms with Crippen molar-refractivity contribution < 1.29 is 8.42 Å². The molecular weight excluding hydrogens is 250 g/mol. The number of hydrogen-bond acceptors (Lipinski definition) is 4. The van der Waals surface area contributed by atoms with Crippen LogP contribution in [0, 0.1) is 0 Å². The Kier molecular flexibility index (Phi) is 7.81. The van der Waals surface area contributed by atoms with Gasteiger partial charge in [0.05, 0.1) is 5.75 Å². The molecule has 0 bridgehead atoms. The maximum absolute atomic E-state index is 11.8. The fourth-order valence-electron chi connectivity index (χ4n) is 2.07. The minimum absolute atomic E-state index is 0.233. The topological polar surface area (TPSA) is 61.4 Å². The Morgan fingerprint density at radius 3 is 2.44 bits per heavy atom. The Hall–Kier alpha value is -0.170. The van der Waals surface area contributed by atoms with E-state index in [2.05, 4.69) is 17.1 Å². The van der Waals surface area contributed by atoms with E-state index in [9.17, 15) is 8.42 Å². The lowest BCUT2D eigenvalue weighted by atomic mass is 10.2. The third kappa shape index (κ3) is 7.31. The normalized spacial score (nSPS) is 18.1. The Morgan fingerprint density at radius 2 is 1.78 bits per heavy atom. The Labute approximate surface area is 111 Å². The second kappa shape index (κ2) is 8.85. The van der Waals surface area contributed by atoms with Gasteiger partial charge in [-0.25, -0.2) is 13.4 Å². The number of unbranched alkanes of at least 4 members (excludes halogenated alkanes) is 1. The molecule has 5 nitrogen and oxygen atoms in total. The molecule has 0 aromatic carbocycles. The van der Waals surface area contributed by atoms with Gasteiger partial charge in [0, 0.05) is 13.1 Å². The molecule has 1 saturated heterocycles. The van der Waals surface area contributed by atoms with Gasteiger partial charge in [0.25, 0.3) is 0 Å². The Bertz CT molecular complexity index is 300. The number of rotatable bonds is 9. The molecule has 1 aliphatic rings. The van der Waals surface area contributed by atoms with Gasteiger partial charge in [0.15, 0.2) is 0 Å². The highest BCUT2D eigenvalue weighted by Gasteiger charge is 2.17. The molecule has 0 radical (unpaired) electrons. The van der Waals surface area contributed by atoms with Crippen LogP contribution in [-0.2, 0) is 10.0 Å². The van der Waals surface area contributed by atoms with Crippen LogP contribution in [0.25, 0.3) is 0 Å². The summed E-state index contributed by atoms with van der Waals surface area (Å²) in [7, 11) is -3.13. The van der Waals surface area contributed by atoms with Crippen molar-refractivity contribution in [3.8, 4) is 0 Å². The van der Waals surface area contributed by atoms with E-state index < -0.39 is 10.0 Å². The van der Waals surface area contributed by atoms with Crippen LogP contribution in [0.4, 0.5) is 0 Å². The van der Waals surface area contributed by atoms with E-state index in [0.29, 0.717) is 0 Å². The van der Waals surface area contributed by atoms with E-state index in [1.165, 1.54) is 6.42 Å². The molecule has 18 heavy (non-hydrogen) atoms. The third-order valence-corrected chi connectivity index (χ3v) is 4.43. The molecule has 2 N–H and O–H groups in total. The van der Waals surface area contributed by atoms with Gasteiger partial charge in [0.2, 0.25) is 10.0 Å². The van der Waals surface area contributed by atoms with Crippen LogP contribution in [0.5, 0.6) is 0 Å². The first kappa shape index (κ1) is 15.9. The summed E-state index contributed by atoms with van der Waals surface area (Å²) in [5.41, 5.74) is 0. The van der Waals surface area contributed by atoms with E-state index in [0.717, 1.165) is 58.3 Å². The van der Waals surface area contributed by atoms with E-state index in [4.69, 9.17) is 0 Å². The van der Waals surface area contributed by atoms with E-state index in [-0.39, 0.29) is 5.75 Å². The van der Waals surface area contributed by atoms with Crippen molar-refractivity contribution in [2.45, 2.75) is 45.4 Å². The lowest BCUT2D eigenvalue weighted by molar-refractivity contribution is 0.200. The predicted molar refractivity (Wildman–Crippen MR) is 74.7 cm³/mol. The fourth-order valence-corrected chi connectivity index (χ4v) is 3.32. The van der Waals surface area contributed by atoms with E-state index in [1.807, 2.05) is 5.01 Å². The zero-order valence-corrected chi connectivity index (χ0v) is 12.3. The maximum atomic E-state index is 11.8. The summed E-state index contributed by atoms with van der Waals surface area (Å²) in [5, 5.41) is 5.12. The van der Waals surface area contributed by atoms with E-state index >= 15 is 0 Å². The van der Waals surface area contributed by atoms with Gasteiger partial charge >= 0.3 is 0 Å². The number of hydrazine groups is 1. The standard InChI is InChI=1S/C12H27N3O2S/c1-2-8-13-9-4-7-12-18(16,17)14-15-10-5-3-6-11-15/h13-14H,2-12H2,1H3. The van der Waals surface area contributed by atoms with Crippen molar-refractivity contribution in [1.29, 1.82) is 0 Å². The summed E-state index contributed by atoms with van der Waals surface area (Å²) in [5.74, 6) is 0.233. The fraction of sp³-hybridized carbons (Fsp3) is 1.00. The SMILES string of the molecule is CCCNCCCCS(=O)(=O)NN1CCCCC1. The third-order valence-electron chi connectivity index (χ3n) is 3.07. The van der Waals surface area contributed by atoms with Crippen LogP contribution in [0.1, 0.15) is 45.4 Å². The summed E-state index contributed by atoms with van der Waals surface area (Å²) in [6, 6.07) is 0. The first-order chi connectivity index (χ1) is 8.64. The second-order valence-corrected chi connectivity index (χ2v) is 6.74. The molecule has 0 aromatic rings. The van der Waals surface area contributed by atoms with Gasteiger partial charge in [-0.05, 0) is 45.2 Å². The van der Waals surface area contributed by atoms with Crippen molar-refractivity contribution in [2.75, 3.05) is 31.9 Å². The molecular formula is C12H27N3O2S. The monoisotopic (exact) mass is 277 g/mol. The number of hydrogen-bond donors (Lipinski definition) is 2. The lowest BCUT2D eigenvalue weighted by Crippen LogP contribution is -2.45. The van der Waals surface area contributed by atoms with Gasteiger partial charge in [-0.15, -0.1) is 4.83 Å². The van der Waals surface area contributed by atoms with E-state index in [1.54, 1.807) is 0 Å². The van der Waals surface area contributed by atoms with Crippen LogP contribution in [0.3, 0.4) is 0 Å². The van der Waals surface area contributed by atoms with Crippen LogP contribution < -0.4 is 10.1 Å². The summed E-state index contributed by atoms with van der Waals surface area (Å²) in [4.78, 5) is 2.68. The first-order valence-electron chi connectivity index (χ1n) is 7.10. The van der Waals surface area contributed by atoms with Crippen molar-refractivity contribution in [1.82, 2.24) is 15.2 Å². The van der Waals surface area contributed by atoms with Crippen molar-refractivity contribution in [2.24, 2.45) is 0 Å². The predicted octanol–water partition coefficient (Wildman–Crippen LogP) is 1.09. The average molecular weight is 277 g/mol. The van der Waals surface area contributed by atoms with Crippen molar-refractivity contribution in [3.05, 3.63) is 0 Å². The summed E-state index contributed by atoms with van der Waals surface area (Å²) in [6.07, 6.45) is 6.14. The molecule has 1 fully saturated rings. The summed E-state index contributed by atoms with van der Waals surface area (Å²) >= 11 is 0. The molecule has 0 unspecified atom stereocenters. The van der Waals surface area contributed by atoms with Gasteiger partial charge in [-0.2, -0.15) is 0 Å². The van der Waals surface area contributed by atoms with Crippen LogP contribution in [0.15, 0.2) is 0 Å². The molecule has 1 rings (SSSR count). The van der Waals surface area contributed by atoms with Gasteiger partial charge in [-0.1, -0.05) is 13.3 Å². The lowest BCUT2D eigenvalue weighted by Gasteiger charge is -2.26. The number of sulfonamides is 1. The molecule has 0 atom stereocenters. The number of piperidine rings is 1. The largest absolute Gasteiger partial charge is 0.317 e. The molecule has 0 saturated carbocycles. The van der Waals surface area contributed by atoms with Gasteiger partial charge in [0.1, 0.15) is 0 Å². The summed E-state index contributed by atoms with van der Waals surface area (Å²) < 4.78 is 23.6. The maximum Gasteiger partial charge on any atom is 0.224 e. The second-order valence-electron chi connectivity index (χ2n) is 4.91. The van der Waals surface area contributed by atoms with Crippen molar-refractivity contribution in [3.63, 3.8) is 0 Å². The van der Waals surface area contributed by atoms with Crippen LogP contribution in [-0.4, -0.2) is 45.4 Å². The first-order valence-corrected chi connectivity index (χ1v) is 8.75. The minimum atomic E-state index is -3.13. The smallest absolute Gasteiger partial charge is 0.224 e. The summed E-state index contributed by atoms with van der Waals surface area (Å²) in [6.45, 7) is 5.74. The molecule has 0 spiro atoms. The minimum Gasteiger partial charge on any atom is -0.317 e.